The van der Waals surface area contributed by atoms with Crippen LogP contribution >= 0.6 is 0 Å². The summed E-state index contributed by atoms with van der Waals surface area (Å²) in [6, 6.07) is 9.04. The molecule has 0 aliphatic carbocycles. The average molecular weight is 205 g/mol. The van der Waals surface area contributed by atoms with E-state index in [1.165, 1.54) is 31.4 Å². The Morgan fingerprint density at radius 3 is 3.07 bits per heavy atom. The zero-order chi connectivity index (χ0) is 10.5. The highest BCUT2D eigenvalue weighted by Crippen LogP contribution is 2.17. The third-order valence-electron chi connectivity index (χ3n) is 3.03. The van der Waals surface area contributed by atoms with Crippen molar-refractivity contribution in [1.82, 2.24) is 5.32 Å². The van der Waals surface area contributed by atoms with Gasteiger partial charge in [0.2, 0.25) is 0 Å². The van der Waals surface area contributed by atoms with Crippen LogP contribution in [0.1, 0.15) is 24.8 Å². The molecule has 1 aromatic carbocycles. The predicted octanol–water partition coefficient (Wildman–Crippen LogP) is 2.38. The lowest BCUT2D eigenvalue weighted by Gasteiger charge is -2.23. The molecule has 82 valence electrons. The summed E-state index contributed by atoms with van der Waals surface area (Å²) in [6.07, 6.45) is 5.12. The Kier molecular flexibility index (Phi) is 3.62. The Balaban J connectivity index is 1.96. The van der Waals surface area contributed by atoms with Gasteiger partial charge in [0.25, 0.3) is 0 Å². The minimum atomic E-state index is 0.658. The normalized spacial score (nSPS) is 21.3. The molecule has 1 aliphatic rings. The Morgan fingerprint density at radius 2 is 2.33 bits per heavy atom. The maximum Gasteiger partial charge on any atom is 0.119 e. The second-order valence-electron chi connectivity index (χ2n) is 4.20. The molecular weight excluding hydrogens is 186 g/mol. The van der Waals surface area contributed by atoms with E-state index in [1.54, 1.807) is 7.11 Å². The second-order valence-corrected chi connectivity index (χ2v) is 4.20. The third-order valence-corrected chi connectivity index (χ3v) is 3.03. The zero-order valence-electron chi connectivity index (χ0n) is 9.33. The summed E-state index contributed by atoms with van der Waals surface area (Å²) in [4.78, 5) is 0. The van der Waals surface area contributed by atoms with E-state index in [2.05, 4.69) is 23.5 Å². The molecule has 2 heteroatoms. The number of hydrogen-bond donors (Lipinski definition) is 1. The molecule has 0 bridgehead atoms. The molecular formula is C13H19NO. The Bertz CT molecular complexity index is 305. The number of benzene rings is 1. The molecule has 2 nitrogen and oxygen atoms in total. The van der Waals surface area contributed by atoms with Crippen LogP contribution in [0.5, 0.6) is 5.75 Å². The summed E-state index contributed by atoms with van der Waals surface area (Å²) in [5.41, 5.74) is 1.37. The topological polar surface area (TPSA) is 21.3 Å². The molecule has 1 unspecified atom stereocenters. The molecule has 2 rings (SSSR count). The van der Waals surface area contributed by atoms with E-state index >= 15 is 0 Å². The highest BCUT2D eigenvalue weighted by Gasteiger charge is 2.12. The summed E-state index contributed by atoms with van der Waals surface area (Å²) in [6.45, 7) is 1.18. The Morgan fingerprint density at radius 1 is 1.40 bits per heavy atom. The van der Waals surface area contributed by atoms with Crippen LogP contribution in [0.25, 0.3) is 0 Å². The van der Waals surface area contributed by atoms with Gasteiger partial charge in [-0.15, -0.1) is 0 Å². The molecule has 0 aromatic heterocycles. The van der Waals surface area contributed by atoms with Crippen LogP contribution in [-0.2, 0) is 6.42 Å². The molecule has 1 atom stereocenters. The van der Waals surface area contributed by atoms with Gasteiger partial charge in [0.15, 0.2) is 0 Å². The van der Waals surface area contributed by atoms with Crippen LogP contribution in [-0.4, -0.2) is 19.7 Å². The van der Waals surface area contributed by atoms with Crippen molar-refractivity contribution in [3.05, 3.63) is 29.8 Å². The Labute approximate surface area is 91.6 Å². The third kappa shape index (κ3) is 2.96. The molecule has 0 saturated carbocycles. The van der Waals surface area contributed by atoms with Gasteiger partial charge >= 0.3 is 0 Å². The van der Waals surface area contributed by atoms with Crippen LogP contribution < -0.4 is 10.1 Å². The quantitative estimate of drug-likeness (QED) is 0.818. The fourth-order valence-electron chi connectivity index (χ4n) is 2.18. The lowest BCUT2D eigenvalue weighted by atomic mass is 9.98. The summed E-state index contributed by atoms with van der Waals surface area (Å²) >= 11 is 0. The van der Waals surface area contributed by atoms with Gasteiger partial charge in [-0.3, -0.25) is 0 Å². The summed E-state index contributed by atoms with van der Waals surface area (Å²) in [7, 11) is 1.72. The van der Waals surface area contributed by atoms with Gasteiger partial charge in [0, 0.05) is 6.04 Å². The van der Waals surface area contributed by atoms with Crippen molar-refractivity contribution in [1.29, 1.82) is 0 Å². The smallest absolute Gasteiger partial charge is 0.119 e. The molecule has 1 N–H and O–H groups in total. The molecule has 15 heavy (non-hydrogen) atoms. The fraction of sp³-hybridized carbons (Fsp3) is 0.538. The van der Waals surface area contributed by atoms with Crippen molar-refractivity contribution in [2.75, 3.05) is 13.7 Å². The SMILES string of the molecule is COc1cccc(CC2CCCCN2)c1. The van der Waals surface area contributed by atoms with E-state index in [1.807, 2.05) is 6.07 Å². The van der Waals surface area contributed by atoms with Crippen LogP contribution in [0.4, 0.5) is 0 Å². The van der Waals surface area contributed by atoms with Crippen molar-refractivity contribution in [2.45, 2.75) is 31.7 Å². The van der Waals surface area contributed by atoms with Crippen molar-refractivity contribution < 1.29 is 4.74 Å². The molecule has 0 amide bonds. The first-order chi connectivity index (χ1) is 7.38. The number of ether oxygens (including phenoxy) is 1. The molecule has 1 aromatic rings. The van der Waals surface area contributed by atoms with E-state index in [0.29, 0.717) is 6.04 Å². The summed E-state index contributed by atoms with van der Waals surface area (Å²) in [5.74, 6) is 0.961. The lowest BCUT2D eigenvalue weighted by Crippen LogP contribution is -2.35. The van der Waals surface area contributed by atoms with Crippen molar-refractivity contribution in [3.63, 3.8) is 0 Å². The minimum Gasteiger partial charge on any atom is -0.497 e. The maximum atomic E-state index is 5.22. The summed E-state index contributed by atoms with van der Waals surface area (Å²) in [5, 5.41) is 3.56. The maximum absolute atomic E-state index is 5.22. The monoisotopic (exact) mass is 205 g/mol. The highest BCUT2D eigenvalue weighted by atomic mass is 16.5. The number of piperidine rings is 1. The zero-order valence-corrected chi connectivity index (χ0v) is 9.33. The van der Waals surface area contributed by atoms with E-state index in [0.717, 1.165) is 12.2 Å². The minimum absolute atomic E-state index is 0.658. The van der Waals surface area contributed by atoms with Gasteiger partial charge in [-0.2, -0.15) is 0 Å². The van der Waals surface area contributed by atoms with Gasteiger partial charge in [-0.25, -0.2) is 0 Å². The molecule has 1 fully saturated rings. The number of hydrogen-bond acceptors (Lipinski definition) is 2. The first-order valence-electron chi connectivity index (χ1n) is 5.75. The van der Waals surface area contributed by atoms with Gasteiger partial charge in [-0.05, 0) is 43.5 Å². The number of methoxy groups -OCH3 is 1. The number of nitrogens with one attached hydrogen (secondary N) is 1. The van der Waals surface area contributed by atoms with E-state index in [4.69, 9.17) is 4.74 Å². The standard InChI is InChI=1S/C13H19NO/c1-15-13-7-4-5-11(10-13)9-12-6-2-3-8-14-12/h4-5,7,10,12,14H,2-3,6,8-9H2,1H3. The summed E-state index contributed by atoms with van der Waals surface area (Å²) < 4.78 is 5.22. The van der Waals surface area contributed by atoms with Gasteiger partial charge < -0.3 is 10.1 Å². The van der Waals surface area contributed by atoms with Crippen molar-refractivity contribution in [2.24, 2.45) is 0 Å². The lowest BCUT2D eigenvalue weighted by molar-refractivity contribution is 0.396. The van der Waals surface area contributed by atoms with E-state index < -0.39 is 0 Å². The van der Waals surface area contributed by atoms with E-state index in [9.17, 15) is 0 Å². The molecule has 1 saturated heterocycles. The van der Waals surface area contributed by atoms with Crippen molar-refractivity contribution in [3.8, 4) is 5.75 Å². The first-order valence-corrected chi connectivity index (χ1v) is 5.75. The fourth-order valence-corrected chi connectivity index (χ4v) is 2.18. The van der Waals surface area contributed by atoms with Crippen LogP contribution in [0.2, 0.25) is 0 Å². The number of rotatable bonds is 3. The first kappa shape index (κ1) is 10.5. The molecule has 1 aliphatic heterocycles. The predicted molar refractivity (Wildman–Crippen MR) is 62.3 cm³/mol. The van der Waals surface area contributed by atoms with Crippen LogP contribution in [0.3, 0.4) is 0 Å². The van der Waals surface area contributed by atoms with Crippen molar-refractivity contribution >= 4 is 0 Å². The van der Waals surface area contributed by atoms with Crippen LogP contribution in [0.15, 0.2) is 24.3 Å². The molecule has 0 radical (unpaired) electrons. The second kappa shape index (κ2) is 5.17. The molecule has 1 heterocycles. The average Bonchev–Trinajstić information content (AvgIpc) is 2.31. The molecule has 0 spiro atoms. The van der Waals surface area contributed by atoms with Gasteiger partial charge in [0.1, 0.15) is 5.75 Å². The van der Waals surface area contributed by atoms with E-state index in [-0.39, 0.29) is 0 Å². The Hall–Kier alpha value is -1.02. The van der Waals surface area contributed by atoms with Gasteiger partial charge in [-0.1, -0.05) is 18.6 Å². The highest BCUT2D eigenvalue weighted by molar-refractivity contribution is 5.28. The van der Waals surface area contributed by atoms with Gasteiger partial charge in [0.05, 0.1) is 7.11 Å². The largest absolute Gasteiger partial charge is 0.497 e. The van der Waals surface area contributed by atoms with Crippen LogP contribution in [0, 0.1) is 0 Å².